The summed E-state index contributed by atoms with van der Waals surface area (Å²) < 4.78 is 51.8. The van der Waals surface area contributed by atoms with E-state index in [1.54, 1.807) is 12.1 Å². The van der Waals surface area contributed by atoms with E-state index in [1.807, 2.05) is 0 Å². The SMILES string of the molecule is CS(=O)(=O)Nc1cccc(C(=O)Nc2ccc(S(=O)(=O)N3CCCCC3)cc2)c1. The standard InChI is InChI=1S/C19H23N3O5S2/c1-28(24,25)21-17-7-5-6-15(14-17)19(23)20-16-8-10-18(11-9-16)29(26,27)22-12-3-2-4-13-22/h5-11,14,21H,2-4,12-13H2,1H3,(H,20,23). The number of sulfonamides is 2. The van der Waals surface area contributed by atoms with Crippen molar-refractivity contribution in [2.24, 2.45) is 0 Å². The average molecular weight is 438 g/mol. The zero-order chi connectivity index (χ0) is 21.1. The largest absolute Gasteiger partial charge is 0.322 e. The third-order valence-corrected chi connectivity index (χ3v) is 7.01. The van der Waals surface area contributed by atoms with Gasteiger partial charge in [-0.1, -0.05) is 12.5 Å². The molecule has 156 valence electrons. The van der Waals surface area contributed by atoms with Crippen molar-refractivity contribution in [1.29, 1.82) is 0 Å². The smallest absolute Gasteiger partial charge is 0.255 e. The number of benzene rings is 2. The zero-order valence-corrected chi connectivity index (χ0v) is 17.6. The molecule has 8 nitrogen and oxygen atoms in total. The maximum absolute atomic E-state index is 12.7. The number of carbonyl (C=O) groups excluding carboxylic acids is 1. The summed E-state index contributed by atoms with van der Waals surface area (Å²) in [5, 5.41) is 2.68. The lowest BCUT2D eigenvalue weighted by Crippen LogP contribution is -2.35. The molecule has 0 radical (unpaired) electrons. The summed E-state index contributed by atoms with van der Waals surface area (Å²) in [5.41, 5.74) is 0.987. The Morgan fingerprint density at radius 3 is 2.17 bits per heavy atom. The zero-order valence-electron chi connectivity index (χ0n) is 16.0. The van der Waals surface area contributed by atoms with Crippen molar-refractivity contribution in [3.8, 4) is 0 Å². The fraction of sp³-hybridized carbons (Fsp3) is 0.316. The molecule has 0 aliphatic carbocycles. The number of anilines is 2. The van der Waals surface area contributed by atoms with Crippen molar-refractivity contribution in [2.45, 2.75) is 24.2 Å². The third kappa shape index (κ3) is 5.55. The summed E-state index contributed by atoms with van der Waals surface area (Å²) in [5.74, 6) is -0.436. The van der Waals surface area contributed by atoms with Crippen LogP contribution in [0.25, 0.3) is 0 Å². The number of nitrogens with one attached hydrogen (secondary N) is 2. The fourth-order valence-corrected chi connectivity index (χ4v) is 5.18. The topological polar surface area (TPSA) is 113 Å². The molecule has 2 N–H and O–H groups in total. The molecule has 1 fully saturated rings. The number of piperidine rings is 1. The van der Waals surface area contributed by atoms with Gasteiger partial charge in [0.2, 0.25) is 20.0 Å². The molecule has 1 saturated heterocycles. The van der Waals surface area contributed by atoms with Crippen LogP contribution in [-0.4, -0.2) is 46.4 Å². The van der Waals surface area contributed by atoms with Crippen LogP contribution >= 0.6 is 0 Å². The first-order valence-electron chi connectivity index (χ1n) is 9.15. The summed E-state index contributed by atoms with van der Waals surface area (Å²) >= 11 is 0. The van der Waals surface area contributed by atoms with Crippen molar-refractivity contribution in [2.75, 3.05) is 29.4 Å². The molecule has 0 aromatic heterocycles. The molecular weight excluding hydrogens is 414 g/mol. The summed E-state index contributed by atoms with van der Waals surface area (Å²) in [6.45, 7) is 1.05. The van der Waals surface area contributed by atoms with E-state index in [9.17, 15) is 21.6 Å². The first-order chi connectivity index (χ1) is 13.6. The number of rotatable bonds is 6. The molecule has 0 unspecified atom stereocenters. The second-order valence-electron chi connectivity index (χ2n) is 6.90. The summed E-state index contributed by atoms with van der Waals surface area (Å²) in [4.78, 5) is 12.6. The molecule has 10 heteroatoms. The highest BCUT2D eigenvalue weighted by molar-refractivity contribution is 7.92. The Labute approximate surface area is 171 Å². The first-order valence-corrected chi connectivity index (χ1v) is 12.5. The quantitative estimate of drug-likeness (QED) is 0.721. The van der Waals surface area contributed by atoms with Gasteiger partial charge in [-0.2, -0.15) is 4.31 Å². The molecular formula is C19H23N3O5S2. The second-order valence-corrected chi connectivity index (χ2v) is 10.6. The van der Waals surface area contributed by atoms with Crippen LogP contribution < -0.4 is 10.0 Å². The van der Waals surface area contributed by atoms with E-state index in [0.717, 1.165) is 25.5 Å². The molecule has 1 amide bonds. The summed E-state index contributed by atoms with van der Waals surface area (Å²) in [7, 11) is -6.98. The highest BCUT2D eigenvalue weighted by Crippen LogP contribution is 2.22. The van der Waals surface area contributed by atoms with Crippen LogP contribution in [0, 0.1) is 0 Å². The van der Waals surface area contributed by atoms with Gasteiger partial charge in [-0.05, 0) is 55.3 Å². The van der Waals surface area contributed by atoms with Gasteiger partial charge in [0.1, 0.15) is 0 Å². The van der Waals surface area contributed by atoms with Gasteiger partial charge in [0.05, 0.1) is 11.2 Å². The highest BCUT2D eigenvalue weighted by atomic mass is 32.2. The Bertz CT molecular complexity index is 1090. The molecule has 0 bridgehead atoms. The minimum atomic E-state index is -3.53. The first kappa shape index (κ1) is 21.3. The van der Waals surface area contributed by atoms with Crippen LogP contribution in [0.4, 0.5) is 11.4 Å². The number of amides is 1. The molecule has 0 spiro atoms. The molecule has 0 atom stereocenters. The van der Waals surface area contributed by atoms with Gasteiger partial charge in [0.25, 0.3) is 5.91 Å². The maximum atomic E-state index is 12.7. The molecule has 2 aromatic rings. The number of hydrogen-bond donors (Lipinski definition) is 2. The van der Waals surface area contributed by atoms with Gasteiger partial charge in [0, 0.05) is 30.0 Å². The summed E-state index contributed by atoms with van der Waals surface area (Å²) in [6.07, 6.45) is 3.79. The Hall–Kier alpha value is -2.43. The average Bonchev–Trinajstić information content (AvgIpc) is 2.68. The molecule has 2 aromatic carbocycles. The lowest BCUT2D eigenvalue weighted by molar-refractivity contribution is 0.102. The Kier molecular flexibility index (Phi) is 6.25. The van der Waals surface area contributed by atoms with Crippen LogP contribution in [0.3, 0.4) is 0 Å². The van der Waals surface area contributed by atoms with Crippen LogP contribution in [0.5, 0.6) is 0 Å². The van der Waals surface area contributed by atoms with Crippen molar-refractivity contribution in [3.05, 3.63) is 54.1 Å². The number of carbonyl (C=O) groups is 1. The Morgan fingerprint density at radius 2 is 1.55 bits per heavy atom. The monoisotopic (exact) mass is 437 g/mol. The van der Waals surface area contributed by atoms with Gasteiger partial charge < -0.3 is 5.32 Å². The lowest BCUT2D eigenvalue weighted by atomic mass is 10.2. The lowest BCUT2D eigenvalue weighted by Gasteiger charge is -2.25. The van der Waals surface area contributed by atoms with Crippen LogP contribution in [0.2, 0.25) is 0 Å². The minimum Gasteiger partial charge on any atom is -0.322 e. The molecule has 1 aliphatic heterocycles. The van der Waals surface area contributed by atoms with Crippen molar-refractivity contribution < 1.29 is 21.6 Å². The van der Waals surface area contributed by atoms with E-state index in [2.05, 4.69) is 10.0 Å². The normalized spacial score (nSPS) is 15.6. The minimum absolute atomic E-state index is 0.191. The summed E-state index contributed by atoms with van der Waals surface area (Å²) in [6, 6.07) is 12.1. The van der Waals surface area contributed by atoms with E-state index >= 15 is 0 Å². The van der Waals surface area contributed by atoms with E-state index < -0.39 is 26.0 Å². The van der Waals surface area contributed by atoms with Crippen LogP contribution in [0.1, 0.15) is 29.6 Å². The van der Waals surface area contributed by atoms with Crippen LogP contribution in [0.15, 0.2) is 53.4 Å². The van der Waals surface area contributed by atoms with E-state index in [1.165, 1.54) is 40.7 Å². The molecule has 0 saturated carbocycles. The Balaban J connectivity index is 1.71. The molecule has 29 heavy (non-hydrogen) atoms. The van der Waals surface area contributed by atoms with E-state index in [4.69, 9.17) is 0 Å². The predicted molar refractivity (Wildman–Crippen MR) is 112 cm³/mol. The van der Waals surface area contributed by atoms with Crippen molar-refractivity contribution >= 4 is 37.3 Å². The van der Waals surface area contributed by atoms with Crippen LogP contribution in [-0.2, 0) is 20.0 Å². The molecule has 1 heterocycles. The fourth-order valence-electron chi connectivity index (χ4n) is 3.11. The molecule has 1 aliphatic rings. The van der Waals surface area contributed by atoms with E-state index in [0.29, 0.717) is 18.8 Å². The highest BCUT2D eigenvalue weighted by Gasteiger charge is 2.25. The maximum Gasteiger partial charge on any atom is 0.255 e. The molecule has 3 rings (SSSR count). The number of hydrogen-bond acceptors (Lipinski definition) is 5. The second kappa shape index (κ2) is 8.52. The van der Waals surface area contributed by atoms with Gasteiger partial charge in [-0.3, -0.25) is 9.52 Å². The number of nitrogens with zero attached hydrogens (tertiary/aromatic N) is 1. The Morgan fingerprint density at radius 1 is 0.897 bits per heavy atom. The third-order valence-electron chi connectivity index (χ3n) is 4.49. The van der Waals surface area contributed by atoms with Crippen molar-refractivity contribution in [3.63, 3.8) is 0 Å². The van der Waals surface area contributed by atoms with Gasteiger partial charge in [0.15, 0.2) is 0 Å². The van der Waals surface area contributed by atoms with Gasteiger partial charge in [-0.15, -0.1) is 0 Å². The van der Waals surface area contributed by atoms with Gasteiger partial charge in [-0.25, -0.2) is 16.8 Å². The van der Waals surface area contributed by atoms with Crippen molar-refractivity contribution in [1.82, 2.24) is 4.31 Å². The predicted octanol–water partition coefficient (Wildman–Crippen LogP) is 2.49. The van der Waals surface area contributed by atoms with Gasteiger partial charge >= 0.3 is 0 Å². The van der Waals surface area contributed by atoms with E-state index in [-0.39, 0.29) is 16.1 Å².